The predicted molar refractivity (Wildman–Crippen MR) is 65.5 cm³/mol. The Kier molecular flexibility index (Phi) is 3.98. The molecule has 0 fully saturated rings. The molecule has 0 spiro atoms. The minimum atomic E-state index is -0.206. The second-order valence-electron chi connectivity index (χ2n) is 4.79. The lowest BCUT2D eigenvalue weighted by molar-refractivity contribution is -0.119. The van der Waals surface area contributed by atoms with Gasteiger partial charge in [-0.05, 0) is 0 Å². The SMILES string of the molecule is CC(CN)C(=O)Nc1nnc(C(C)(C)C)s1. The second-order valence-corrected chi connectivity index (χ2v) is 5.77. The Morgan fingerprint density at radius 3 is 2.56 bits per heavy atom. The highest BCUT2D eigenvalue weighted by Gasteiger charge is 2.20. The van der Waals surface area contributed by atoms with E-state index >= 15 is 0 Å². The zero-order chi connectivity index (χ0) is 12.3. The van der Waals surface area contributed by atoms with E-state index in [1.165, 1.54) is 11.3 Å². The van der Waals surface area contributed by atoms with E-state index in [0.29, 0.717) is 11.7 Å². The van der Waals surface area contributed by atoms with Crippen molar-refractivity contribution in [3.63, 3.8) is 0 Å². The summed E-state index contributed by atoms with van der Waals surface area (Å²) in [5, 5.41) is 12.1. The van der Waals surface area contributed by atoms with Crippen molar-refractivity contribution in [3.8, 4) is 0 Å². The number of nitrogens with zero attached hydrogens (tertiary/aromatic N) is 2. The number of carbonyl (C=O) groups excluding carboxylic acids is 1. The molecule has 0 aliphatic heterocycles. The molecule has 1 aromatic heterocycles. The molecule has 1 rings (SSSR count). The van der Waals surface area contributed by atoms with Crippen molar-refractivity contribution in [2.75, 3.05) is 11.9 Å². The summed E-state index contributed by atoms with van der Waals surface area (Å²) in [5.74, 6) is -0.318. The summed E-state index contributed by atoms with van der Waals surface area (Å²) in [4.78, 5) is 11.6. The molecule has 0 aliphatic rings. The standard InChI is InChI=1S/C10H18N4OS/c1-6(5-11)7(15)12-9-14-13-8(16-9)10(2,3)4/h6H,5,11H2,1-4H3,(H,12,14,15). The fourth-order valence-corrected chi connectivity index (χ4v) is 1.72. The van der Waals surface area contributed by atoms with Gasteiger partial charge in [0.25, 0.3) is 0 Å². The van der Waals surface area contributed by atoms with E-state index in [4.69, 9.17) is 5.73 Å². The Labute approximate surface area is 99.5 Å². The predicted octanol–water partition coefficient (Wildman–Crippen LogP) is 1.37. The molecule has 3 N–H and O–H groups in total. The smallest absolute Gasteiger partial charge is 0.230 e. The minimum Gasteiger partial charge on any atom is -0.330 e. The number of hydrogen-bond donors (Lipinski definition) is 2. The highest BCUT2D eigenvalue weighted by Crippen LogP contribution is 2.27. The summed E-state index contributed by atoms with van der Waals surface area (Å²) < 4.78 is 0. The van der Waals surface area contributed by atoms with E-state index in [9.17, 15) is 4.79 Å². The lowest BCUT2D eigenvalue weighted by atomic mass is 9.98. The third-order valence-corrected chi connectivity index (χ3v) is 3.36. The van der Waals surface area contributed by atoms with Crippen molar-refractivity contribution in [3.05, 3.63) is 5.01 Å². The van der Waals surface area contributed by atoms with Crippen LogP contribution in [-0.2, 0) is 10.2 Å². The first kappa shape index (κ1) is 13.1. The van der Waals surface area contributed by atoms with Gasteiger partial charge in [-0.1, -0.05) is 39.0 Å². The highest BCUT2D eigenvalue weighted by atomic mass is 32.1. The number of hydrogen-bond acceptors (Lipinski definition) is 5. The molecule has 0 saturated heterocycles. The molecule has 0 bridgehead atoms. The molecule has 0 aliphatic carbocycles. The van der Waals surface area contributed by atoms with Crippen LogP contribution in [0.4, 0.5) is 5.13 Å². The average Bonchev–Trinajstić information content (AvgIpc) is 2.64. The Bertz CT molecular complexity index is 369. The van der Waals surface area contributed by atoms with E-state index in [2.05, 4.69) is 36.3 Å². The fraction of sp³-hybridized carbons (Fsp3) is 0.700. The van der Waals surface area contributed by atoms with E-state index in [1.54, 1.807) is 6.92 Å². The molecular weight excluding hydrogens is 224 g/mol. The number of nitrogens with two attached hydrogens (primary N) is 1. The molecular formula is C10H18N4OS. The number of rotatable bonds is 3. The summed E-state index contributed by atoms with van der Waals surface area (Å²) in [7, 11) is 0. The number of amides is 1. The van der Waals surface area contributed by atoms with Gasteiger partial charge >= 0.3 is 0 Å². The van der Waals surface area contributed by atoms with Crippen LogP contribution in [0.5, 0.6) is 0 Å². The molecule has 0 aromatic carbocycles. The molecule has 16 heavy (non-hydrogen) atoms. The van der Waals surface area contributed by atoms with Crippen LogP contribution in [0.2, 0.25) is 0 Å². The van der Waals surface area contributed by atoms with Gasteiger partial charge in [0, 0.05) is 17.9 Å². The van der Waals surface area contributed by atoms with Crippen LogP contribution >= 0.6 is 11.3 Å². The first-order valence-electron chi connectivity index (χ1n) is 5.19. The van der Waals surface area contributed by atoms with Gasteiger partial charge < -0.3 is 11.1 Å². The summed E-state index contributed by atoms with van der Waals surface area (Å²) in [6, 6.07) is 0. The first-order valence-corrected chi connectivity index (χ1v) is 6.01. The number of nitrogens with one attached hydrogen (secondary N) is 1. The molecule has 1 heterocycles. The quantitative estimate of drug-likeness (QED) is 0.838. The fourth-order valence-electron chi connectivity index (χ4n) is 0.912. The molecule has 1 unspecified atom stereocenters. The number of anilines is 1. The molecule has 0 radical (unpaired) electrons. The second kappa shape index (κ2) is 4.88. The van der Waals surface area contributed by atoms with Crippen molar-refractivity contribution in [2.24, 2.45) is 11.7 Å². The van der Waals surface area contributed by atoms with Gasteiger partial charge in [-0.2, -0.15) is 0 Å². The summed E-state index contributed by atoms with van der Waals surface area (Å²) in [6.07, 6.45) is 0. The topological polar surface area (TPSA) is 80.9 Å². The Hall–Kier alpha value is -1.01. The lowest BCUT2D eigenvalue weighted by Gasteiger charge is -2.12. The largest absolute Gasteiger partial charge is 0.330 e. The van der Waals surface area contributed by atoms with E-state index in [0.717, 1.165) is 5.01 Å². The summed E-state index contributed by atoms with van der Waals surface area (Å²) in [6.45, 7) is 8.28. The molecule has 6 heteroatoms. The first-order chi connectivity index (χ1) is 7.34. The average molecular weight is 242 g/mol. The van der Waals surface area contributed by atoms with Crippen molar-refractivity contribution in [1.29, 1.82) is 0 Å². The van der Waals surface area contributed by atoms with Gasteiger partial charge in [-0.15, -0.1) is 10.2 Å². The van der Waals surface area contributed by atoms with Crippen molar-refractivity contribution in [1.82, 2.24) is 10.2 Å². The summed E-state index contributed by atoms with van der Waals surface area (Å²) in [5.41, 5.74) is 5.37. The third-order valence-electron chi connectivity index (χ3n) is 2.10. The number of carbonyl (C=O) groups is 1. The zero-order valence-electron chi connectivity index (χ0n) is 10.1. The van der Waals surface area contributed by atoms with E-state index in [1.807, 2.05) is 0 Å². The molecule has 1 aromatic rings. The van der Waals surface area contributed by atoms with Crippen LogP contribution in [-0.4, -0.2) is 22.6 Å². The maximum absolute atomic E-state index is 11.6. The maximum Gasteiger partial charge on any atom is 0.230 e. The Balaban J connectivity index is 2.70. The maximum atomic E-state index is 11.6. The molecule has 1 amide bonds. The normalized spacial score (nSPS) is 13.6. The van der Waals surface area contributed by atoms with E-state index in [-0.39, 0.29) is 17.2 Å². The number of aromatic nitrogens is 2. The van der Waals surface area contributed by atoms with Gasteiger partial charge in [0.1, 0.15) is 5.01 Å². The van der Waals surface area contributed by atoms with Gasteiger partial charge in [-0.3, -0.25) is 4.79 Å². The zero-order valence-corrected chi connectivity index (χ0v) is 10.9. The van der Waals surface area contributed by atoms with Gasteiger partial charge in [-0.25, -0.2) is 0 Å². The Morgan fingerprint density at radius 2 is 2.12 bits per heavy atom. The van der Waals surface area contributed by atoms with Crippen LogP contribution < -0.4 is 11.1 Å². The molecule has 1 atom stereocenters. The van der Waals surface area contributed by atoms with Crippen LogP contribution in [0, 0.1) is 5.92 Å². The highest BCUT2D eigenvalue weighted by molar-refractivity contribution is 7.15. The molecule has 5 nitrogen and oxygen atoms in total. The summed E-state index contributed by atoms with van der Waals surface area (Å²) >= 11 is 1.40. The van der Waals surface area contributed by atoms with Crippen molar-refractivity contribution >= 4 is 22.4 Å². The monoisotopic (exact) mass is 242 g/mol. The molecule has 0 saturated carbocycles. The van der Waals surface area contributed by atoms with Crippen LogP contribution in [0.25, 0.3) is 0 Å². The third kappa shape index (κ3) is 3.24. The van der Waals surface area contributed by atoms with Crippen LogP contribution in [0.3, 0.4) is 0 Å². The lowest BCUT2D eigenvalue weighted by Crippen LogP contribution is -2.26. The minimum absolute atomic E-state index is 0.0415. The van der Waals surface area contributed by atoms with Crippen molar-refractivity contribution < 1.29 is 4.79 Å². The van der Waals surface area contributed by atoms with Gasteiger partial charge in [0.15, 0.2) is 0 Å². The Morgan fingerprint density at radius 1 is 1.50 bits per heavy atom. The van der Waals surface area contributed by atoms with E-state index < -0.39 is 0 Å². The molecule has 90 valence electrons. The van der Waals surface area contributed by atoms with Gasteiger partial charge in [0.2, 0.25) is 11.0 Å². The van der Waals surface area contributed by atoms with Crippen LogP contribution in [0.1, 0.15) is 32.7 Å². The van der Waals surface area contributed by atoms with Crippen molar-refractivity contribution in [2.45, 2.75) is 33.1 Å². The van der Waals surface area contributed by atoms with Crippen LogP contribution in [0.15, 0.2) is 0 Å². The van der Waals surface area contributed by atoms with Gasteiger partial charge in [0.05, 0.1) is 0 Å².